The van der Waals surface area contributed by atoms with Crippen molar-refractivity contribution in [1.82, 2.24) is 4.90 Å². The van der Waals surface area contributed by atoms with Gasteiger partial charge in [-0.05, 0) is 37.4 Å². The van der Waals surface area contributed by atoms with Crippen molar-refractivity contribution in [2.75, 3.05) is 33.1 Å². The van der Waals surface area contributed by atoms with E-state index in [1.807, 2.05) is 12.1 Å². The van der Waals surface area contributed by atoms with Gasteiger partial charge in [0.25, 0.3) is 0 Å². The van der Waals surface area contributed by atoms with Crippen molar-refractivity contribution < 1.29 is 0 Å². The molecule has 0 atom stereocenters. The maximum Gasteiger partial charge on any atom is 0.0446 e. The van der Waals surface area contributed by atoms with Crippen LogP contribution >= 0.6 is 0 Å². The van der Waals surface area contributed by atoms with Crippen LogP contribution in [0.4, 0.5) is 5.69 Å². The summed E-state index contributed by atoms with van der Waals surface area (Å²) in [6.45, 7) is 0.976. The molecule has 0 unspecified atom stereocenters. The predicted molar refractivity (Wildman–Crippen MR) is 82.4 cm³/mol. The molecule has 0 heterocycles. The summed E-state index contributed by atoms with van der Waals surface area (Å²) in [6, 6.07) is 18.1. The van der Waals surface area contributed by atoms with Crippen LogP contribution in [0.15, 0.2) is 42.5 Å². The normalized spacial score (nSPS) is 10.8. The smallest absolute Gasteiger partial charge is 0.0446 e. The molecule has 0 fully saturated rings. The lowest BCUT2D eigenvalue weighted by atomic mass is 10.0. The van der Waals surface area contributed by atoms with Gasteiger partial charge in [-0.15, -0.1) is 0 Å². The summed E-state index contributed by atoms with van der Waals surface area (Å²) in [5, 5.41) is 0. The van der Waals surface area contributed by atoms with E-state index >= 15 is 0 Å². The molecule has 2 aromatic rings. The van der Waals surface area contributed by atoms with Gasteiger partial charge in [-0.1, -0.05) is 36.4 Å². The average molecular weight is 253 g/mol. The molecule has 0 N–H and O–H groups in total. The van der Waals surface area contributed by atoms with E-state index in [2.05, 4.69) is 74.4 Å². The molecule has 0 aromatic heterocycles. The van der Waals surface area contributed by atoms with Crippen LogP contribution in [0.5, 0.6) is 0 Å². The molecule has 0 amide bonds. The van der Waals surface area contributed by atoms with Crippen molar-refractivity contribution in [1.29, 1.82) is 0 Å². The Morgan fingerprint density at radius 2 is 1.63 bits per heavy atom. The first kappa shape index (κ1) is 13.6. The van der Waals surface area contributed by atoms with Gasteiger partial charge in [0, 0.05) is 31.9 Å². The minimum absolute atomic E-state index is 0.976. The lowest BCUT2D eigenvalue weighted by molar-refractivity contribution is 0.402. The van der Waals surface area contributed by atoms with Crippen molar-refractivity contribution in [2.45, 2.75) is 6.54 Å². The van der Waals surface area contributed by atoms with Gasteiger partial charge < -0.3 is 9.80 Å². The number of hydrogen-bond donors (Lipinski definition) is 0. The maximum absolute atomic E-state index is 3.14. The van der Waals surface area contributed by atoms with E-state index in [-0.39, 0.29) is 0 Å². The highest BCUT2D eigenvalue weighted by Gasteiger charge is 2.06. The molecule has 2 aromatic carbocycles. The largest absolute Gasteiger partial charge is 0.377 e. The fourth-order valence-corrected chi connectivity index (χ4v) is 2.19. The van der Waals surface area contributed by atoms with E-state index in [9.17, 15) is 0 Å². The minimum Gasteiger partial charge on any atom is -0.377 e. The maximum atomic E-state index is 3.14. The first-order valence-electron chi connectivity index (χ1n) is 6.49. The van der Waals surface area contributed by atoms with Gasteiger partial charge in [0.2, 0.25) is 0 Å². The molecule has 0 aliphatic heterocycles. The molecular weight excluding hydrogens is 232 g/mol. The van der Waals surface area contributed by atoms with E-state index in [1.54, 1.807) is 0 Å². The van der Waals surface area contributed by atoms with Crippen LogP contribution in [0.1, 0.15) is 5.56 Å². The quantitative estimate of drug-likeness (QED) is 0.825. The number of rotatable bonds is 4. The van der Waals surface area contributed by atoms with E-state index in [1.165, 1.54) is 22.4 Å². The van der Waals surface area contributed by atoms with Gasteiger partial charge in [-0.3, -0.25) is 0 Å². The van der Waals surface area contributed by atoms with Gasteiger partial charge in [-0.25, -0.2) is 0 Å². The third-order valence-corrected chi connectivity index (χ3v) is 3.09. The fourth-order valence-electron chi connectivity index (χ4n) is 2.19. The van der Waals surface area contributed by atoms with Crippen LogP contribution < -0.4 is 4.90 Å². The summed E-state index contributed by atoms with van der Waals surface area (Å²) in [5.74, 6) is 0. The highest BCUT2D eigenvalue weighted by Crippen LogP contribution is 2.29. The molecule has 2 heteroatoms. The topological polar surface area (TPSA) is 6.48 Å². The molecule has 2 nitrogen and oxygen atoms in total. The molecule has 0 aliphatic carbocycles. The van der Waals surface area contributed by atoms with Crippen molar-refractivity contribution in [3.8, 4) is 11.1 Å². The summed E-state index contributed by atoms with van der Waals surface area (Å²) in [5.41, 5.74) is 5.03. The number of nitrogens with zero attached hydrogens (tertiary/aromatic N) is 2. The highest BCUT2D eigenvalue weighted by atomic mass is 15.1. The highest BCUT2D eigenvalue weighted by molar-refractivity contribution is 5.78. The molecule has 0 aliphatic rings. The summed E-state index contributed by atoms with van der Waals surface area (Å²) in [6.07, 6.45) is 0. The summed E-state index contributed by atoms with van der Waals surface area (Å²) in [7, 11) is 8.30. The Balaban J connectivity index is 2.32. The summed E-state index contributed by atoms with van der Waals surface area (Å²) in [4.78, 5) is 4.30. The predicted octanol–water partition coefficient (Wildman–Crippen LogP) is 3.28. The molecule has 0 saturated carbocycles. The second-order valence-electron chi connectivity index (χ2n) is 5.27. The van der Waals surface area contributed by atoms with Crippen LogP contribution in [0.25, 0.3) is 11.1 Å². The lowest BCUT2D eigenvalue weighted by Crippen LogP contribution is -2.10. The van der Waals surface area contributed by atoms with E-state index < -0.39 is 0 Å². The Kier molecular flexibility index (Phi) is 4.23. The van der Waals surface area contributed by atoms with Crippen LogP contribution in [-0.4, -0.2) is 33.1 Å². The van der Waals surface area contributed by atoms with E-state index in [0.717, 1.165) is 6.54 Å². The van der Waals surface area contributed by atoms with Crippen molar-refractivity contribution in [2.24, 2.45) is 0 Å². The molecule has 0 saturated heterocycles. The Bertz CT molecular complexity index is 527. The Labute approximate surface area is 116 Å². The van der Waals surface area contributed by atoms with Crippen LogP contribution in [-0.2, 0) is 6.54 Å². The van der Waals surface area contributed by atoms with Crippen LogP contribution in [0.3, 0.4) is 0 Å². The standard InChI is InChI=1S/C17H21N2/c1-18(2)13-14-9-11-15(12-10-14)16-7-5-6-8-17(16)19(3)4/h5,7-12H,13H2,1-4H3. The van der Waals surface area contributed by atoms with E-state index in [4.69, 9.17) is 0 Å². The average Bonchev–Trinajstić information content (AvgIpc) is 2.39. The number of anilines is 1. The van der Waals surface area contributed by atoms with Gasteiger partial charge >= 0.3 is 0 Å². The second kappa shape index (κ2) is 5.89. The molecule has 0 bridgehead atoms. The zero-order chi connectivity index (χ0) is 13.8. The summed E-state index contributed by atoms with van der Waals surface area (Å²) >= 11 is 0. The molecular formula is C17H21N2. The van der Waals surface area contributed by atoms with Crippen molar-refractivity contribution in [3.63, 3.8) is 0 Å². The molecule has 1 radical (unpaired) electrons. The first-order chi connectivity index (χ1) is 9.08. The molecule has 2 rings (SSSR count). The monoisotopic (exact) mass is 253 g/mol. The molecule has 19 heavy (non-hydrogen) atoms. The Hall–Kier alpha value is -1.80. The second-order valence-corrected chi connectivity index (χ2v) is 5.27. The van der Waals surface area contributed by atoms with Crippen LogP contribution in [0, 0.1) is 6.07 Å². The Morgan fingerprint density at radius 3 is 2.21 bits per heavy atom. The van der Waals surface area contributed by atoms with E-state index in [0.29, 0.717) is 0 Å². The zero-order valence-electron chi connectivity index (χ0n) is 12.1. The third kappa shape index (κ3) is 3.36. The minimum atomic E-state index is 0.976. The lowest BCUT2D eigenvalue weighted by Gasteiger charge is -2.17. The fraction of sp³-hybridized carbons (Fsp3) is 0.294. The van der Waals surface area contributed by atoms with Gasteiger partial charge in [-0.2, -0.15) is 0 Å². The van der Waals surface area contributed by atoms with Crippen molar-refractivity contribution in [3.05, 3.63) is 54.1 Å². The molecule has 99 valence electrons. The zero-order valence-corrected chi connectivity index (χ0v) is 12.1. The van der Waals surface area contributed by atoms with Crippen molar-refractivity contribution >= 4 is 5.69 Å². The Morgan fingerprint density at radius 1 is 0.947 bits per heavy atom. The first-order valence-corrected chi connectivity index (χ1v) is 6.49. The number of benzene rings is 2. The van der Waals surface area contributed by atoms with Gasteiger partial charge in [0.15, 0.2) is 0 Å². The van der Waals surface area contributed by atoms with Gasteiger partial charge in [0.05, 0.1) is 0 Å². The third-order valence-electron chi connectivity index (χ3n) is 3.09. The van der Waals surface area contributed by atoms with Gasteiger partial charge in [0.1, 0.15) is 0 Å². The van der Waals surface area contributed by atoms with Crippen LogP contribution in [0.2, 0.25) is 0 Å². The SMILES string of the molecule is CN(C)Cc1ccc(-c2cc[c]cc2N(C)C)cc1. The number of hydrogen-bond acceptors (Lipinski definition) is 2. The molecule has 0 spiro atoms. The summed E-state index contributed by atoms with van der Waals surface area (Å²) < 4.78 is 0.